The number of fused-ring (bicyclic) bond motifs is 3. The van der Waals surface area contributed by atoms with Crippen LogP contribution in [0.4, 0.5) is 5.82 Å². The van der Waals surface area contributed by atoms with Gasteiger partial charge in [-0.2, -0.15) is 0 Å². The van der Waals surface area contributed by atoms with Crippen molar-refractivity contribution < 1.29 is 0 Å². The molecule has 3 heterocycles. The molecule has 28 heavy (non-hydrogen) atoms. The van der Waals surface area contributed by atoms with Gasteiger partial charge >= 0.3 is 0 Å². The van der Waals surface area contributed by atoms with Crippen LogP contribution in [-0.2, 0) is 19.3 Å². The highest BCUT2D eigenvalue weighted by molar-refractivity contribution is 7.19. The molecule has 146 valence electrons. The molecule has 0 N–H and O–H groups in total. The summed E-state index contributed by atoms with van der Waals surface area (Å²) in [6.45, 7) is 7.90. The predicted molar refractivity (Wildman–Crippen MR) is 118 cm³/mol. The van der Waals surface area contributed by atoms with E-state index in [1.807, 2.05) is 11.3 Å². The van der Waals surface area contributed by atoms with E-state index in [-0.39, 0.29) is 0 Å². The van der Waals surface area contributed by atoms with Gasteiger partial charge in [-0.3, -0.25) is 4.90 Å². The number of aryl methyl sites for hydroxylation is 2. The Hall–Kier alpha value is -1.98. The fourth-order valence-electron chi connectivity index (χ4n) is 4.61. The van der Waals surface area contributed by atoms with Gasteiger partial charge in [0.05, 0.1) is 5.39 Å². The molecule has 1 aliphatic carbocycles. The van der Waals surface area contributed by atoms with Crippen molar-refractivity contribution in [1.82, 2.24) is 14.9 Å². The van der Waals surface area contributed by atoms with Gasteiger partial charge in [-0.05, 0) is 43.4 Å². The molecule has 2 aliphatic rings. The molecule has 3 aromatic rings. The average Bonchev–Trinajstić information content (AvgIpc) is 3.30. The van der Waals surface area contributed by atoms with Gasteiger partial charge in [0.25, 0.3) is 0 Å². The molecular weight excluding hydrogens is 364 g/mol. The van der Waals surface area contributed by atoms with Crippen LogP contribution in [0.5, 0.6) is 0 Å². The lowest BCUT2D eigenvalue weighted by molar-refractivity contribution is 0.258. The first kappa shape index (κ1) is 18.1. The SMILES string of the molecule is CCCN1CCN(c2nc(Cc3ccccc3)nc3sc4c(c23)CCC4)CC1. The third kappa shape index (κ3) is 3.42. The summed E-state index contributed by atoms with van der Waals surface area (Å²) in [6, 6.07) is 10.6. The number of piperazine rings is 1. The number of anilines is 1. The zero-order chi connectivity index (χ0) is 18.9. The van der Waals surface area contributed by atoms with Crippen molar-refractivity contribution in [3.05, 3.63) is 52.2 Å². The normalized spacial score (nSPS) is 17.4. The van der Waals surface area contributed by atoms with Crippen molar-refractivity contribution in [3.8, 4) is 0 Å². The highest BCUT2D eigenvalue weighted by Gasteiger charge is 2.26. The van der Waals surface area contributed by atoms with E-state index < -0.39 is 0 Å². The van der Waals surface area contributed by atoms with Crippen molar-refractivity contribution in [1.29, 1.82) is 0 Å². The molecule has 1 aliphatic heterocycles. The van der Waals surface area contributed by atoms with Gasteiger partial charge in [-0.15, -0.1) is 11.3 Å². The first-order valence-electron chi connectivity index (χ1n) is 10.6. The number of benzene rings is 1. The maximum atomic E-state index is 5.14. The first-order valence-corrected chi connectivity index (χ1v) is 11.5. The fraction of sp³-hybridized carbons (Fsp3) is 0.478. The van der Waals surface area contributed by atoms with E-state index in [1.54, 1.807) is 4.88 Å². The first-order chi connectivity index (χ1) is 13.8. The van der Waals surface area contributed by atoms with Crippen LogP contribution < -0.4 is 4.90 Å². The van der Waals surface area contributed by atoms with E-state index in [2.05, 4.69) is 47.1 Å². The number of nitrogens with zero attached hydrogens (tertiary/aromatic N) is 4. The van der Waals surface area contributed by atoms with Gasteiger partial charge in [0.15, 0.2) is 0 Å². The van der Waals surface area contributed by atoms with Crippen LogP contribution in [0.3, 0.4) is 0 Å². The minimum absolute atomic E-state index is 0.808. The van der Waals surface area contributed by atoms with Crippen molar-refractivity contribution in [2.45, 2.75) is 39.0 Å². The van der Waals surface area contributed by atoms with E-state index in [0.717, 1.165) is 38.4 Å². The molecule has 0 atom stereocenters. The molecule has 0 unspecified atom stereocenters. The zero-order valence-electron chi connectivity index (χ0n) is 16.7. The van der Waals surface area contributed by atoms with Crippen molar-refractivity contribution in [2.75, 3.05) is 37.6 Å². The Balaban J connectivity index is 1.52. The topological polar surface area (TPSA) is 32.3 Å². The fourth-order valence-corrected chi connectivity index (χ4v) is 5.88. The summed E-state index contributed by atoms with van der Waals surface area (Å²) in [5, 5.41) is 1.36. The number of rotatable bonds is 5. The lowest BCUT2D eigenvalue weighted by Gasteiger charge is -2.35. The molecule has 1 fully saturated rings. The maximum Gasteiger partial charge on any atom is 0.141 e. The van der Waals surface area contributed by atoms with Crippen LogP contribution in [0.1, 0.15) is 41.6 Å². The molecule has 0 bridgehead atoms. The second kappa shape index (κ2) is 7.80. The quantitative estimate of drug-likeness (QED) is 0.648. The minimum Gasteiger partial charge on any atom is -0.353 e. The van der Waals surface area contributed by atoms with Gasteiger partial charge < -0.3 is 4.90 Å². The number of aromatic nitrogens is 2. The predicted octanol–water partition coefficient (Wildman–Crippen LogP) is 4.30. The largest absolute Gasteiger partial charge is 0.353 e. The smallest absolute Gasteiger partial charge is 0.141 e. The molecule has 1 aromatic carbocycles. The molecule has 1 saturated heterocycles. The van der Waals surface area contributed by atoms with Crippen LogP contribution in [-0.4, -0.2) is 47.6 Å². The number of thiophene rings is 1. The molecule has 4 nitrogen and oxygen atoms in total. The van der Waals surface area contributed by atoms with Gasteiger partial charge in [0.1, 0.15) is 16.5 Å². The molecule has 5 heteroatoms. The second-order valence-electron chi connectivity index (χ2n) is 7.99. The summed E-state index contributed by atoms with van der Waals surface area (Å²) in [7, 11) is 0. The lowest BCUT2D eigenvalue weighted by atomic mass is 10.1. The second-order valence-corrected chi connectivity index (χ2v) is 9.08. The Morgan fingerprint density at radius 1 is 1.00 bits per heavy atom. The Kier molecular flexibility index (Phi) is 5.03. The van der Waals surface area contributed by atoms with E-state index in [0.29, 0.717) is 0 Å². The summed E-state index contributed by atoms with van der Waals surface area (Å²) < 4.78 is 0. The van der Waals surface area contributed by atoms with Crippen molar-refractivity contribution >= 4 is 27.4 Å². The average molecular weight is 393 g/mol. The van der Waals surface area contributed by atoms with E-state index in [9.17, 15) is 0 Å². The van der Waals surface area contributed by atoms with Gasteiger partial charge in [-0.1, -0.05) is 37.3 Å². The summed E-state index contributed by atoms with van der Waals surface area (Å²) in [5.41, 5.74) is 2.82. The van der Waals surface area contributed by atoms with Crippen molar-refractivity contribution in [3.63, 3.8) is 0 Å². The molecule has 0 spiro atoms. The number of hydrogen-bond donors (Lipinski definition) is 0. The molecular formula is C23H28N4S. The monoisotopic (exact) mass is 392 g/mol. The summed E-state index contributed by atoms with van der Waals surface area (Å²) >= 11 is 1.91. The van der Waals surface area contributed by atoms with Crippen molar-refractivity contribution in [2.24, 2.45) is 0 Å². The van der Waals surface area contributed by atoms with Crippen LogP contribution in [0.2, 0.25) is 0 Å². The van der Waals surface area contributed by atoms with E-state index in [1.165, 1.54) is 59.4 Å². The summed E-state index contributed by atoms with van der Waals surface area (Å²) in [6.07, 6.45) is 5.74. The molecule has 2 aromatic heterocycles. The van der Waals surface area contributed by atoms with Crippen LogP contribution in [0.25, 0.3) is 10.2 Å². The lowest BCUT2D eigenvalue weighted by Crippen LogP contribution is -2.47. The van der Waals surface area contributed by atoms with Crippen LogP contribution in [0, 0.1) is 0 Å². The Bertz CT molecular complexity index is 958. The van der Waals surface area contributed by atoms with Gasteiger partial charge in [0.2, 0.25) is 0 Å². The maximum absolute atomic E-state index is 5.14. The van der Waals surface area contributed by atoms with Gasteiger partial charge in [-0.25, -0.2) is 9.97 Å². The Morgan fingerprint density at radius 2 is 1.82 bits per heavy atom. The van der Waals surface area contributed by atoms with Crippen LogP contribution in [0.15, 0.2) is 30.3 Å². The molecule has 0 saturated carbocycles. The summed E-state index contributed by atoms with van der Waals surface area (Å²) in [5.74, 6) is 2.16. The highest BCUT2D eigenvalue weighted by Crippen LogP contribution is 2.41. The van der Waals surface area contributed by atoms with E-state index >= 15 is 0 Å². The zero-order valence-corrected chi connectivity index (χ0v) is 17.5. The summed E-state index contributed by atoms with van der Waals surface area (Å²) in [4.78, 5) is 18.0. The highest BCUT2D eigenvalue weighted by atomic mass is 32.1. The van der Waals surface area contributed by atoms with Gasteiger partial charge in [0, 0.05) is 37.5 Å². The Morgan fingerprint density at radius 3 is 2.61 bits per heavy atom. The number of hydrogen-bond acceptors (Lipinski definition) is 5. The molecule has 0 amide bonds. The standard InChI is InChI=1S/C23H28N4S/c1-2-11-26-12-14-27(15-13-26)22-21-18-9-6-10-19(18)28-23(21)25-20(24-22)16-17-7-4-3-5-8-17/h3-5,7-8H,2,6,9-16H2,1H3. The molecule has 0 radical (unpaired) electrons. The molecule has 5 rings (SSSR count). The van der Waals surface area contributed by atoms with Crippen LogP contribution >= 0.6 is 11.3 Å². The third-order valence-electron chi connectivity index (χ3n) is 6.01. The third-order valence-corrected chi connectivity index (χ3v) is 7.19. The van der Waals surface area contributed by atoms with E-state index in [4.69, 9.17) is 9.97 Å². The minimum atomic E-state index is 0.808. The Labute approximate surface area is 171 Å².